The monoisotopic (exact) mass is 349 g/mol. The van der Waals surface area contributed by atoms with Crippen molar-refractivity contribution in [3.05, 3.63) is 69.5 Å². The van der Waals surface area contributed by atoms with Crippen LogP contribution in [0.15, 0.2) is 42.6 Å². The van der Waals surface area contributed by atoms with Gasteiger partial charge in [-0.1, -0.05) is 61.7 Å². The zero-order chi connectivity index (χ0) is 16.8. The summed E-state index contributed by atoms with van der Waals surface area (Å²) in [5.74, 6) is -0.165. The molecular weight excluding hydrogens is 329 g/mol. The molecule has 2 rings (SSSR count). The summed E-state index contributed by atoms with van der Waals surface area (Å²) in [7, 11) is 0. The summed E-state index contributed by atoms with van der Waals surface area (Å²) in [6, 6.07) is 9.10. The number of hydrogen-bond donors (Lipinski definition) is 1. The van der Waals surface area contributed by atoms with Crippen LogP contribution in [-0.2, 0) is 0 Å². The fourth-order valence-electron chi connectivity index (χ4n) is 2.49. The van der Waals surface area contributed by atoms with Gasteiger partial charge >= 0.3 is 0 Å². The molecule has 2 unspecified atom stereocenters. The lowest BCUT2D eigenvalue weighted by atomic mass is 9.90. The molecule has 0 bridgehead atoms. The van der Waals surface area contributed by atoms with E-state index in [9.17, 15) is 5.11 Å². The number of rotatable bonds is 6. The minimum Gasteiger partial charge on any atom is -0.388 e. The van der Waals surface area contributed by atoms with E-state index in [2.05, 4.69) is 18.0 Å². The number of aromatic nitrogens is 1. The van der Waals surface area contributed by atoms with Crippen LogP contribution >= 0.6 is 23.2 Å². The molecule has 0 radical (unpaired) electrons. The lowest BCUT2D eigenvalue weighted by Crippen LogP contribution is -2.10. The van der Waals surface area contributed by atoms with Crippen LogP contribution in [-0.4, -0.2) is 10.1 Å². The van der Waals surface area contributed by atoms with Crippen molar-refractivity contribution >= 4 is 29.3 Å². The molecule has 23 heavy (non-hydrogen) atoms. The highest BCUT2D eigenvalue weighted by atomic mass is 35.5. The predicted octanol–water partition coefficient (Wildman–Crippen LogP) is 6.04. The Kier molecular flexibility index (Phi) is 6.64. The van der Waals surface area contributed by atoms with E-state index >= 15 is 0 Å². The van der Waals surface area contributed by atoms with Gasteiger partial charge < -0.3 is 5.11 Å². The fourth-order valence-corrected chi connectivity index (χ4v) is 3.07. The first-order valence-electron chi connectivity index (χ1n) is 7.79. The van der Waals surface area contributed by atoms with Crippen molar-refractivity contribution in [1.82, 2.24) is 4.98 Å². The van der Waals surface area contributed by atoms with Gasteiger partial charge in [0.05, 0.1) is 11.8 Å². The summed E-state index contributed by atoms with van der Waals surface area (Å²) in [5.41, 5.74) is 2.47. The quantitative estimate of drug-likeness (QED) is 0.689. The third-order valence-corrected chi connectivity index (χ3v) is 4.41. The first-order chi connectivity index (χ1) is 11.0. The number of allylic oxidation sites excluding steroid dienone is 1. The van der Waals surface area contributed by atoms with Crippen molar-refractivity contribution in [3.63, 3.8) is 0 Å². The van der Waals surface area contributed by atoms with Gasteiger partial charge in [-0.15, -0.1) is 0 Å². The van der Waals surface area contributed by atoms with Crippen molar-refractivity contribution in [2.45, 2.75) is 38.7 Å². The first kappa shape index (κ1) is 18.0. The molecule has 1 N–H and O–H groups in total. The molecule has 1 heterocycles. The molecule has 0 saturated heterocycles. The minimum atomic E-state index is -0.691. The van der Waals surface area contributed by atoms with Gasteiger partial charge in [-0.25, -0.2) is 0 Å². The average Bonchev–Trinajstić information content (AvgIpc) is 2.54. The molecule has 0 saturated carbocycles. The fraction of sp³-hybridized carbons (Fsp3) is 0.316. The number of hydrogen-bond acceptors (Lipinski definition) is 2. The molecule has 1 aromatic carbocycles. The molecule has 0 fully saturated rings. The second-order valence-electron chi connectivity index (χ2n) is 5.57. The van der Waals surface area contributed by atoms with Gasteiger partial charge in [-0.2, -0.15) is 0 Å². The van der Waals surface area contributed by atoms with Gasteiger partial charge in [-0.3, -0.25) is 4.98 Å². The van der Waals surface area contributed by atoms with Crippen molar-refractivity contribution in [2.75, 3.05) is 0 Å². The number of nitrogens with zero attached hydrogens (tertiary/aromatic N) is 1. The highest BCUT2D eigenvalue weighted by Crippen LogP contribution is 2.36. The van der Waals surface area contributed by atoms with E-state index < -0.39 is 6.10 Å². The zero-order valence-corrected chi connectivity index (χ0v) is 14.8. The molecule has 0 spiro atoms. The van der Waals surface area contributed by atoms with E-state index in [1.165, 1.54) is 0 Å². The second-order valence-corrected chi connectivity index (χ2v) is 6.41. The standard InChI is InChI=1S/C19H21Cl2NO/c1-3-4-5-8-18-16(7-6-11-22-18)19(23)13(2)15-10-9-14(20)12-17(15)21/h5-13,19,23H,3-4H2,1-2H3. The summed E-state index contributed by atoms with van der Waals surface area (Å²) in [4.78, 5) is 4.38. The van der Waals surface area contributed by atoms with Gasteiger partial charge in [0.1, 0.15) is 0 Å². The number of benzene rings is 1. The summed E-state index contributed by atoms with van der Waals surface area (Å²) in [5, 5.41) is 12.0. The minimum absolute atomic E-state index is 0.165. The highest BCUT2D eigenvalue weighted by Gasteiger charge is 2.22. The Labute approximate surface area is 147 Å². The van der Waals surface area contributed by atoms with Gasteiger partial charge in [0, 0.05) is 27.7 Å². The van der Waals surface area contributed by atoms with Crippen LogP contribution in [0.3, 0.4) is 0 Å². The Bertz CT molecular complexity index is 685. The molecule has 2 aromatic rings. The number of halogens is 2. The first-order valence-corrected chi connectivity index (χ1v) is 8.54. The molecule has 0 aliphatic carbocycles. The molecule has 0 aliphatic rings. The van der Waals surface area contributed by atoms with E-state index in [1.807, 2.05) is 31.2 Å². The Morgan fingerprint density at radius 2 is 2.00 bits per heavy atom. The maximum Gasteiger partial charge on any atom is 0.0877 e. The van der Waals surface area contributed by atoms with Crippen LogP contribution in [0.2, 0.25) is 10.0 Å². The summed E-state index contributed by atoms with van der Waals surface area (Å²) >= 11 is 12.2. The number of aliphatic hydroxyl groups is 1. The van der Waals surface area contributed by atoms with Crippen LogP contribution < -0.4 is 0 Å². The lowest BCUT2D eigenvalue weighted by molar-refractivity contribution is 0.151. The van der Waals surface area contributed by atoms with Gasteiger partial charge in [0.25, 0.3) is 0 Å². The Morgan fingerprint density at radius 1 is 1.22 bits per heavy atom. The third-order valence-electron chi connectivity index (χ3n) is 3.85. The molecule has 2 nitrogen and oxygen atoms in total. The van der Waals surface area contributed by atoms with Crippen LogP contribution in [0, 0.1) is 0 Å². The molecule has 0 aliphatic heterocycles. The molecule has 4 heteroatoms. The molecule has 122 valence electrons. The smallest absolute Gasteiger partial charge is 0.0877 e. The topological polar surface area (TPSA) is 33.1 Å². The zero-order valence-electron chi connectivity index (χ0n) is 13.3. The van der Waals surface area contributed by atoms with Gasteiger partial charge in [-0.05, 0) is 36.3 Å². The Hall–Kier alpha value is -1.35. The average molecular weight is 350 g/mol. The maximum absolute atomic E-state index is 10.8. The lowest BCUT2D eigenvalue weighted by Gasteiger charge is -2.22. The summed E-state index contributed by atoms with van der Waals surface area (Å²) in [6.45, 7) is 4.08. The molecular formula is C19H21Cl2NO. The van der Waals surface area contributed by atoms with E-state index in [1.54, 1.807) is 18.3 Å². The Morgan fingerprint density at radius 3 is 2.70 bits per heavy atom. The van der Waals surface area contributed by atoms with Crippen LogP contribution in [0.25, 0.3) is 6.08 Å². The number of unbranched alkanes of at least 4 members (excludes halogenated alkanes) is 1. The maximum atomic E-state index is 10.8. The van der Waals surface area contributed by atoms with Crippen molar-refractivity contribution in [2.24, 2.45) is 0 Å². The predicted molar refractivity (Wildman–Crippen MR) is 98.0 cm³/mol. The van der Waals surface area contributed by atoms with Crippen molar-refractivity contribution in [1.29, 1.82) is 0 Å². The molecule has 1 aromatic heterocycles. The van der Waals surface area contributed by atoms with E-state index in [-0.39, 0.29) is 5.92 Å². The number of aliphatic hydroxyl groups excluding tert-OH is 1. The van der Waals surface area contributed by atoms with Crippen LogP contribution in [0.4, 0.5) is 0 Å². The summed E-state index contributed by atoms with van der Waals surface area (Å²) < 4.78 is 0. The largest absolute Gasteiger partial charge is 0.388 e. The second kappa shape index (κ2) is 8.49. The van der Waals surface area contributed by atoms with E-state index in [0.717, 1.165) is 29.7 Å². The molecule has 0 amide bonds. The van der Waals surface area contributed by atoms with Crippen molar-refractivity contribution in [3.8, 4) is 0 Å². The molecule has 2 atom stereocenters. The van der Waals surface area contributed by atoms with Crippen LogP contribution in [0.5, 0.6) is 0 Å². The van der Waals surface area contributed by atoms with E-state index in [4.69, 9.17) is 23.2 Å². The highest BCUT2D eigenvalue weighted by molar-refractivity contribution is 6.35. The SMILES string of the molecule is CCCC=Cc1ncccc1C(O)C(C)c1ccc(Cl)cc1Cl. The third kappa shape index (κ3) is 4.57. The number of pyridine rings is 1. The van der Waals surface area contributed by atoms with E-state index in [0.29, 0.717) is 10.0 Å². The Balaban J connectivity index is 2.30. The normalized spacial score (nSPS) is 14.1. The van der Waals surface area contributed by atoms with Gasteiger partial charge in [0.15, 0.2) is 0 Å². The van der Waals surface area contributed by atoms with Gasteiger partial charge in [0.2, 0.25) is 0 Å². The van der Waals surface area contributed by atoms with Crippen molar-refractivity contribution < 1.29 is 5.11 Å². The summed E-state index contributed by atoms with van der Waals surface area (Å²) in [6.07, 6.45) is 7.17. The van der Waals surface area contributed by atoms with Crippen LogP contribution in [0.1, 0.15) is 55.5 Å².